The van der Waals surface area contributed by atoms with Crippen molar-refractivity contribution < 1.29 is 14.3 Å². The monoisotopic (exact) mass is 410 g/mol. The van der Waals surface area contributed by atoms with Gasteiger partial charge in [0.25, 0.3) is 5.91 Å². The lowest BCUT2D eigenvalue weighted by molar-refractivity contribution is -0.122. The number of rotatable bonds is 5. The largest absolute Gasteiger partial charge is 0.479 e. The van der Waals surface area contributed by atoms with Gasteiger partial charge < -0.3 is 15.4 Å². The van der Waals surface area contributed by atoms with Gasteiger partial charge in [-0.05, 0) is 42.8 Å². The highest BCUT2D eigenvalue weighted by atomic mass is 35.5. The molecule has 0 saturated heterocycles. The first kappa shape index (κ1) is 18.9. The van der Waals surface area contributed by atoms with Crippen molar-refractivity contribution in [3.05, 3.63) is 52.0 Å². The normalized spacial score (nSPS) is 15.7. The molecule has 1 aliphatic heterocycles. The highest BCUT2D eigenvalue weighted by Crippen LogP contribution is 2.32. The van der Waals surface area contributed by atoms with Crippen LogP contribution in [0.5, 0.6) is 5.75 Å². The molecular weight excluding hydrogens is 395 g/mol. The molecule has 0 fully saturated rings. The number of halogens is 2. The molecule has 1 aliphatic rings. The number of thioether (sulfide) groups is 1. The molecular formula is C18H16Cl2N2O3S. The second-order valence-electron chi connectivity index (χ2n) is 5.75. The number of hydrogen-bond donors (Lipinski definition) is 2. The van der Waals surface area contributed by atoms with Gasteiger partial charge >= 0.3 is 0 Å². The van der Waals surface area contributed by atoms with Gasteiger partial charge in [0.15, 0.2) is 6.10 Å². The lowest BCUT2D eigenvalue weighted by atomic mass is 10.2. The molecule has 0 radical (unpaired) electrons. The maximum Gasteiger partial charge on any atom is 0.265 e. The van der Waals surface area contributed by atoms with E-state index in [0.717, 1.165) is 5.56 Å². The fraction of sp³-hybridized carbons (Fsp3) is 0.222. The number of ether oxygens (including phenoxy) is 1. The SMILES string of the molecule is C[C@H]1Oc2ccc(NC(=O)CSCc3ccc(Cl)c(Cl)c3)cc2NC1=O. The van der Waals surface area contributed by atoms with E-state index in [1.807, 2.05) is 6.07 Å². The molecule has 2 N–H and O–H groups in total. The summed E-state index contributed by atoms with van der Waals surface area (Å²) in [4.78, 5) is 23.8. The third-order valence-electron chi connectivity index (χ3n) is 3.68. The van der Waals surface area contributed by atoms with Gasteiger partial charge in [0.2, 0.25) is 5.91 Å². The average Bonchev–Trinajstić information content (AvgIpc) is 2.59. The number of carbonyl (C=O) groups excluding carboxylic acids is 2. The van der Waals surface area contributed by atoms with Crippen LogP contribution in [-0.2, 0) is 15.3 Å². The molecule has 136 valence electrons. The van der Waals surface area contributed by atoms with Gasteiger partial charge in [-0.25, -0.2) is 0 Å². The molecule has 1 atom stereocenters. The van der Waals surface area contributed by atoms with Crippen LogP contribution in [0.4, 0.5) is 11.4 Å². The van der Waals surface area contributed by atoms with Crippen LogP contribution in [0.3, 0.4) is 0 Å². The van der Waals surface area contributed by atoms with Gasteiger partial charge in [-0.3, -0.25) is 9.59 Å². The summed E-state index contributed by atoms with van der Waals surface area (Å²) < 4.78 is 5.49. The Hall–Kier alpha value is -1.89. The van der Waals surface area contributed by atoms with Crippen molar-refractivity contribution >= 4 is 58.2 Å². The predicted molar refractivity (Wildman–Crippen MR) is 106 cm³/mol. The Kier molecular flexibility index (Phi) is 5.96. The number of benzene rings is 2. The highest BCUT2D eigenvalue weighted by Gasteiger charge is 2.23. The number of nitrogens with one attached hydrogen (secondary N) is 2. The maximum absolute atomic E-state index is 12.1. The number of amides is 2. The minimum Gasteiger partial charge on any atom is -0.479 e. The maximum atomic E-state index is 12.1. The average molecular weight is 411 g/mol. The zero-order valence-corrected chi connectivity index (χ0v) is 16.2. The van der Waals surface area contributed by atoms with Gasteiger partial charge in [0.1, 0.15) is 5.75 Å². The molecule has 26 heavy (non-hydrogen) atoms. The number of hydrogen-bond acceptors (Lipinski definition) is 4. The molecule has 0 bridgehead atoms. The summed E-state index contributed by atoms with van der Waals surface area (Å²) in [6, 6.07) is 10.6. The Morgan fingerprint density at radius 2 is 2.04 bits per heavy atom. The van der Waals surface area contributed by atoms with Crippen molar-refractivity contribution in [3.8, 4) is 5.75 Å². The van der Waals surface area contributed by atoms with E-state index >= 15 is 0 Å². The second kappa shape index (κ2) is 8.20. The van der Waals surface area contributed by atoms with Gasteiger partial charge in [0.05, 0.1) is 21.5 Å². The zero-order chi connectivity index (χ0) is 18.7. The van der Waals surface area contributed by atoms with Crippen LogP contribution in [-0.4, -0.2) is 23.7 Å². The lowest BCUT2D eigenvalue weighted by Crippen LogP contribution is -2.34. The summed E-state index contributed by atoms with van der Waals surface area (Å²) in [6.45, 7) is 1.68. The minimum atomic E-state index is -0.527. The van der Waals surface area contributed by atoms with Crippen molar-refractivity contribution in [2.24, 2.45) is 0 Å². The van der Waals surface area contributed by atoms with Crippen molar-refractivity contribution in [2.75, 3.05) is 16.4 Å². The molecule has 3 rings (SSSR count). The molecule has 0 aliphatic carbocycles. The first-order valence-corrected chi connectivity index (χ1v) is 9.76. The molecule has 8 heteroatoms. The molecule has 0 saturated carbocycles. The Labute approximate surface area is 165 Å². The summed E-state index contributed by atoms with van der Waals surface area (Å²) in [6.07, 6.45) is -0.527. The molecule has 2 amide bonds. The number of anilines is 2. The van der Waals surface area contributed by atoms with Gasteiger partial charge in [0, 0.05) is 11.4 Å². The van der Waals surface area contributed by atoms with Crippen LogP contribution in [0.1, 0.15) is 12.5 Å². The highest BCUT2D eigenvalue weighted by molar-refractivity contribution is 7.99. The standard InChI is InChI=1S/C18H16Cl2N2O3S/c1-10-18(24)22-15-7-12(3-5-16(15)25-10)21-17(23)9-26-8-11-2-4-13(19)14(20)6-11/h2-7,10H,8-9H2,1H3,(H,21,23)(H,22,24)/t10-/m1/s1. The first-order chi connectivity index (χ1) is 12.4. The summed E-state index contributed by atoms with van der Waals surface area (Å²) in [7, 11) is 0. The lowest BCUT2D eigenvalue weighted by Gasteiger charge is -2.23. The van der Waals surface area contributed by atoms with Crippen LogP contribution in [0.15, 0.2) is 36.4 Å². The third kappa shape index (κ3) is 4.63. The van der Waals surface area contributed by atoms with E-state index in [4.69, 9.17) is 27.9 Å². The summed E-state index contributed by atoms with van der Waals surface area (Å²) in [5, 5.41) is 6.58. The molecule has 5 nitrogen and oxygen atoms in total. The molecule has 0 unspecified atom stereocenters. The van der Waals surface area contributed by atoms with Gasteiger partial charge in [-0.1, -0.05) is 29.3 Å². The molecule has 2 aromatic carbocycles. The molecule has 0 spiro atoms. The Balaban J connectivity index is 1.53. The minimum absolute atomic E-state index is 0.133. The van der Waals surface area contributed by atoms with Crippen molar-refractivity contribution in [1.29, 1.82) is 0 Å². The first-order valence-electron chi connectivity index (χ1n) is 7.85. The Morgan fingerprint density at radius 3 is 2.81 bits per heavy atom. The van der Waals surface area contributed by atoms with Crippen molar-refractivity contribution in [1.82, 2.24) is 0 Å². The molecule has 2 aromatic rings. The fourth-order valence-electron chi connectivity index (χ4n) is 2.37. The van der Waals surface area contributed by atoms with Crippen LogP contribution >= 0.6 is 35.0 Å². The van der Waals surface area contributed by atoms with E-state index in [9.17, 15) is 9.59 Å². The van der Waals surface area contributed by atoms with E-state index < -0.39 is 6.10 Å². The Morgan fingerprint density at radius 1 is 1.23 bits per heavy atom. The van der Waals surface area contributed by atoms with E-state index in [2.05, 4.69) is 10.6 Å². The van der Waals surface area contributed by atoms with Crippen LogP contribution in [0.2, 0.25) is 10.0 Å². The molecule has 1 heterocycles. The second-order valence-corrected chi connectivity index (χ2v) is 7.55. The number of fused-ring (bicyclic) bond motifs is 1. The zero-order valence-electron chi connectivity index (χ0n) is 13.8. The topological polar surface area (TPSA) is 67.4 Å². The Bertz CT molecular complexity index is 860. The van der Waals surface area contributed by atoms with E-state index in [1.165, 1.54) is 11.8 Å². The quantitative estimate of drug-likeness (QED) is 0.756. The van der Waals surface area contributed by atoms with Crippen LogP contribution < -0.4 is 15.4 Å². The van der Waals surface area contributed by atoms with Crippen molar-refractivity contribution in [3.63, 3.8) is 0 Å². The summed E-state index contributed by atoms with van der Waals surface area (Å²) in [5.41, 5.74) is 2.15. The van der Waals surface area contributed by atoms with Crippen LogP contribution in [0.25, 0.3) is 0 Å². The predicted octanol–water partition coefficient (Wildman–Crippen LogP) is 4.58. The third-order valence-corrected chi connectivity index (χ3v) is 5.42. The summed E-state index contributed by atoms with van der Waals surface area (Å²) in [5.74, 6) is 1.18. The smallest absolute Gasteiger partial charge is 0.265 e. The fourth-order valence-corrected chi connectivity index (χ4v) is 3.47. The van der Waals surface area contributed by atoms with Crippen LogP contribution in [0, 0.1) is 0 Å². The summed E-state index contributed by atoms with van der Waals surface area (Å²) >= 11 is 13.3. The van der Waals surface area contributed by atoms with Crippen molar-refractivity contribution in [2.45, 2.75) is 18.8 Å². The van der Waals surface area contributed by atoms with E-state index in [-0.39, 0.29) is 17.6 Å². The van der Waals surface area contributed by atoms with E-state index in [1.54, 1.807) is 37.3 Å². The van der Waals surface area contributed by atoms with E-state index in [0.29, 0.717) is 32.9 Å². The van der Waals surface area contributed by atoms with Gasteiger partial charge in [-0.2, -0.15) is 0 Å². The van der Waals surface area contributed by atoms with Gasteiger partial charge in [-0.15, -0.1) is 11.8 Å². The number of carbonyl (C=O) groups is 2. The molecule has 0 aromatic heterocycles.